The number of hydrogen-bond donors (Lipinski definition) is 0. The molecule has 0 unspecified atom stereocenters. The van der Waals surface area contributed by atoms with Gasteiger partial charge in [-0.15, -0.1) is 0 Å². The standard InChI is InChI=1S/C22H25N3O3/c1-26-19-10-6-9-18(20(19)27-2)22-23-21(17-12-14-28-15-17)24-25(22)13-11-16-7-4-3-5-8-16/h3-10,17H,11-15H2,1-2H3/t17-/m1/s1. The SMILES string of the molecule is COc1cccc(-c2nc([C@@H]3CCOC3)nn2CCc2ccccc2)c1OC. The van der Waals surface area contributed by atoms with Gasteiger partial charge in [-0.1, -0.05) is 36.4 Å². The van der Waals surface area contributed by atoms with E-state index in [4.69, 9.17) is 24.3 Å². The van der Waals surface area contributed by atoms with Crippen molar-refractivity contribution in [1.29, 1.82) is 0 Å². The molecule has 6 heteroatoms. The van der Waals surface area contributed by atoms with E-state index in [0.717, 1.165) is 43.2 Å². The second-order valence-corrected chi connectivity index (χ2v) is 6.85. The average molecular weight is 379 g/mol. The third-order valence-corrected chi connectivity index (χ3v) is 5.08. The number of methoxy groups -OCH3 is 2. The smallest absolute Gasteiger partial charge is 0.171 e. The summed E-state index contributed by atoms with van der Waals surface area (Å²) >= 11 is 0. The molecule has 0 spiro atoms. The van der Waals surface area contributed by atoms with E-state index >= 15 is 0 Å². The minimum Gasteiger partial charge on any atom is -0.493 e. The van der Waals surface area contributed by atoms with Crippen LogP contribution in [0.3, 0.4) is 0 Å². The van der Waals surface area contributed by atoms with Crippen molar-refractivity contribution in [3.05, 3.63) is 59.9 Å². The first kappa shape index (κ1) is 18.5. The maximum Gasteiger partial charge on any atom is 0.171 e. The van der Waals surface area contributed by atoms with Gasteiger partial charge >= 0.3 is 0 Å². The van der Waals surface area contributed by atoms with Crippen LogP contribution < -0.4 is 9.47 Å². The Morgan fingerprint density at radius 2 is 1.93 bits per heavy atom. The Bertz CT molecular complexity index is 918. The van der Waals surface area contributed by atoms with Crippen molar-refractivity contribution < 1.29 is 14.2 Å². The Balaban J connectivity index is 1.72. The fourth-order valence-electron chi connectivity index (χ4n) is 3.57. The van der Waals surface area contributed by atoms with Gasteiger partial charge in [0.15, 0.2) is 23.1 Å². The Morgan fingerprint density at radius 3 is 2.64 bits per heavy atom. The summed E-state index contributed by atoms with van der Waals surface area (Å²) in [5.74, 6) is 3.24. The highest BCUT2D eigenvalue weighted by Crippen LogP contribution is 2.37. The van der Waals surface area contributed by atoms with Gasteiger partial charge in [-0.3, -0.25) is 0 Å². The molecule has 1 fully saturated rings. The molecule has 1 aliphatic heterocycles. The van der Waals surface area contributed by atoms with Crippen LogP contribution in [0, 0.1) is 0 Å². The molecular weight excluding hydrogens is 354 g/mol. The molecule has 0 bridgehead atoms. The molecule has 2 heterocycles. The highest BCUT2D eigenvalue weighted by Gasteiger charge is 2.25. The van der Waals surface area contributed by atoms with Gasteiger partial charge in [0, 0.05) is 19.1 Å². The van der Waals surface area contributed by atoms with Gasteiger partial charge in [0.05, 0.1) is 26.4 Å². The first-order valence-corrected chi connectivity index (χ1v) is 9.58. The summed E-state index contributed by atoms with van der Waals surface area (Å²) < 4.78 is 18.6. The minimum atomic E-state index is 0.244. The third kappa shape index (κ3) is 3.73. The second kappa shape index (κ2) is 8.44. The zero-order valence-electron chi connectivity index (χ0n) is 16.3. The maximum absolute atomic E-state index is 5.64. The molecule has 28 heavy (non-hydrogen) atoms. The second-order valence-electron chi connectivity index (χ2n) is 6.85. The number of ether oxygens (including phenoxy) is 3. The quantitative estimate of drug-likeness (QED) is 0.626. The molecular formula is C22H25N3O3. The Morgan fingerprint density at radius 1 is 1.07 bits per heavy atom. The summed E-state index contributed by atoms with van der Waals surface area (Å²) in [7, 11) is 3.29. The number of aromatic nitrogens is 3. The number of benzene rings is 2. The lowest BCUT2D eigenvalue weighted by Gasteiger charge is -2.13. The molecule has 0 aliphatic carbocycles. The van der Waals surface area contributed by atoms with Crippen LogP contribution in [0.2, 0.25) is 0 Å². The van der Waals surface area contributed by atoms with Gasteiger partial charge in [-0.05, 0) is 30.5 Å². The highest BCUT2D eigenvalue weighted by molar-refractivity contribution is 5.69. The Kier molecular flexibility index (Phi) is 5.58. The highest BCUT2D eigenvalue weighted by atomic mass is 16.5. The molecule has 0 radical (unpaired) electrons. The molecule has 146 valence electrons. The molecule has 0 saturated carbocycles. The van der Waals surface area contributed by atoms with Crippen molar-refractivity contribution in [3.63, 3.8) is 0 Å². The summed E-state index contributed by atoms with van der Waals surface area (Å²) in [5, 5.41) is 4.84. The lowest BCUT2D eigenvalue weighted by molar-refractivity contribution is 0.193. The van der Waals surface area contributed by atoms with Crippen LogP contribution in [0.15, 0.2) is 48.5 Å². The predicted octanol–water partition coefficient (Wildman–Crippen LogP) is 3.71. The normalized spacial score (nSPS) is 16.3. The summed E-state index contributed by atoms with van der Waals surface area (Å²) in [6.07, 6.45) is 1.83. The molecule has 1 saturated heterocycles. The Hall–Kier alpha value is -2.86. The minimum absolute atomic E-state index is 0.244. The van der Waals surface area contributed by atoms with Crippen LogP contribution in [-0.4, -0.2) is 42.2 Å². The first-order valence-electron chi connectivity index (χ1n) is 9.58. The number of para-hydroxylation sites is 1. The lowest BCUT2D eigenvalue weighted by atomic mass is 10.1. The molecule has 0 amide bonds. The van der Waals surface area contributed by atoms with Gasteiger partial charge < -0.3 is 14.2 Å². The van der Waals surface area contributed by atoms with E-state index in [1.165, 1.54) is 5.56 Å². The molecule has 1 aromatic heterocycles. The monoisotopic (exact) mass is 379 g/mol. The Labute approximate surface area is 165 Å². The average Bonchev–Trinajstić information content (AvgIpc) is 3.42. The van der Waals surface area contributed by atoms with Crippen LogP contribution in [0.4, 0.5) is 0 Å². The van der Waals surface area contributed by atoms with E-state index in [1.807, 2.05) is 28.9 Å². The molecule has 0 N–H and O–H groups in total. The van der Waals surface area contributed by atoms with Crippen molar-refractivity contribution in [2.45, 2.75) is 25.3 Å². The van der Waals surface area contributed by atoms with E-state index in [9.17, 15) is 0 Å². The summed E-state index contributed by atoms with van der Waals surface area (Å²) in [5.41, 5.74) is 2.15. The molecule has 4 rings (SSSR count). The summed E-state index contributed by atoms with van der Waals surface area (Å²) in [4.78, 5) is 4.90. The molecule has 1 aliphatic rings. The molecule has 6 nitrogen and oxygen atoms in total. The molecule has 1 atom stereocenters. The van der Waals surface area contributed by atoms with Crippen LogP contribution >= 0.6 is 0 Å². The van der Waals surface area contributed by atoms with Gasteiger partial charge in [0.1, 0.15) is 0 Å². The van der Waals surface area contributed by atoms with Gasteiger partial charge in [0.25, 0.3) is 0 Å². The predicted molar refractivity (Wildman–Crippen MR) is 107 cm³/mol. The fourth-order valence-corrected chi connectivity index (χ4v) is 3.57. The third-order valence-electron chi connectivity index (χ3n) is 5.08. The van der Waals surface area contributed by atoms with Crippen molar-refractivity contribution in [1.82, 2.24) is 14.8 Å². The zero-order chi connectivity index (χ0) is 19.3. The van der Waals surface area contributed by atoms with Crippen molar-refractivity contribution in [2.75, 3.05) is 27.4 Å². The van der Waals surface area contributed by atoms with Gasteiger partial charge in [-0.2, -0.15) is 5.10 Å². The number of rotatable bonds is 7. The zero-order valence-corrected chi connectivity index (χ0v) is 16.3. The van der Waals surface area contributed by atoms with E-state index in [0.29, 0.717) is 18.1 Å². The number of hydrogen-bond acceptors (Lipinski definition) is 5. The van der Waals surface area contributed by atoms with Gasteiger partial charge in [-0.25, -0.2) is 9.67 Å². The van der Waals surface area contributed by atoms with E-state index in [2.05, 4.69) is 24.3 Å². The van der Waals surface area contributed by atoms with Gasteiger partial charge in [0.2, 0.25) is 0 Å². The van der Waals surface area contributed by atoms with Crippen LogP contribution in [0.25, 0.3) is 11.4 Å². The lowest BCUT2D eigenvalue weighted by Crippen LogP contribution is -2.07. The van der Waals surface area contributed by atoms with Crippen LogP contribution in [0.5, 0.6) is 11.5 Å². The van der Waals surface area contributed by atoms with Crippen molar-refractivity contribution in [2.24, 2.45) is 0 Å². The number of aryl methyl sites for hydroxylation is 2. The maximum atomic E-state index is 5.64. The summed E-state index contributed by atoms with van der Waals surface area (Å²) in [6, 6.07) is 16.3. The van der Waals surface area contributed by atoms with Crippen molar-refractivity contribution >= 4 is 0 Å². The number of nitrogens with zero attached hydrogens (tertiary/aromatic N) is 3. The first-order chi connectivity index (χ1) is 13.8. The van der Waals surface area contributed by atoms with E-state index < -0.39 is 0 Å². The topological polar surface area (TPSA) is 58.4 Å². The molecule has 3 aromatic rings. The van der Waals surface area contributed by atoms with Crippen LogP contribution in [-0.2, 0) is 17.7 Å². The van der Waals surface area contributed by atoms with Crippen LogP contribution in [0.1, 0.15) is 23.7 Å². The van der Waals surface area contributed by atoms with Crippen molar-refractivity contribution in [3.8, 4) is 22.9 Å². The van der Waals surface area contributed by atoms with E-state index in [1.54, 1.807) is 14.2 Å². The van der Waals surface area contributed by atoms with E-state index in [-0.39, 0.29) is 5.92 Å². The largest absolute Gasteiger partial charge is 0.493 e. The summed E-state index contributed by atoms with van der Waals surface area (Å²) in [6.45, 7) is 2.18. The fraction of sp³-hybridized carbons (Fsp3) is 0.364. The molecule has 2 aromatic carbocycles.